The average molecular weight is 308 g/mol. The van der Waals surface area contributed by atoms with Crippen LogP contribution in [0, 0.1) is 0 Å². The SMILES string of the molecule is COC(=O)c1ccc(S(=O)(=O)CCC2=CCCCC2)cc1. The molecule has 0 atom stereocenters. The van der Waals surface area contributed by atoms with Gasteiger partial charge in [-0.3, -0.25) is 0 Å². The van der Waals surface area contributed by atoms with E-state index in [9.17, 15) is 13.2 Å². The van der Waals surface area contributed by atoms with Gasteiger partial charge in [0.15, 0.2) is 9.84 Å². The summed E-state index contributed by atoms with van der Waals surface area (Å²) >= 11 is 0. The molecule has 1 aromatic carbocycles. The first-order chi connectivity index (χ1) is 10.0. The highest BCUT2D eigenvalue weighted by Crippen LogP contribution is 2.22. The Bertz CT molecular complexity index is 627. The van der Waals surface area contributed by atoms with Crippen molar-refractivity contribution in [2.45, 2.75) is 37.0 Å². The second-order valence-corrected chi connectivity index (χ2v) is 7.30. The normalized spacial score (nSPS) is 15.4. The third-order valence-corrected chi connectivity index (χ3v) is 5.44. The van der Waals surface area contributed by atoms with E-state index in [-0.39, 0.29) is 10.6 Å². The van der Waals surface area contributed by atoms with Crippen molar-refractivity contribution >= 4 is 15.8 Å². The Balaban J connectivity index is 2.05. The van der Waals surface area contributed by atoms with Gasteiger partial charge < -0.3 is 4.74 Å². The van der Waals surface area contributed by atoms with Crippen molar-refractivity contribution in [3.8, 4) is 0 Å². The number of rotatable bonds is 5. The number of sulfone groups is 1. The van der Waals surface area contributed by atoms with Crippen molar-refractivity contribution < 1.29 is 17.9 Å². The molecule has 0 aromatic heterocycles. The highest BCUT2D eigenvalue weighted by atomic mass is 32.2. The molecule has 1 aliphatic carbocycles. The van der Waals surface area contributed by atoms with Gasteiger partial charge in [-0.2, -0.15) is 0 Å². The van der Waals surface area contributed by atoms with Gasteiger partial charge in [-0.05, 0) is 56.4 Å². The van der Waals surface area contributed by atoms with E-state index in [2.05, 4.69) is 10.8 Å². The quantitative estimate of drug-likeness (QED) is 0.619. The van der Waals surface area contributed by atoms with Crippen LogP contribution in [0.5, 0.6) is 0 Å². The molecular weight excluding hydrogens is 288 g/mol. The molecule has 1 aromatic rings. The van der Waals surface area contributed by atoms with Crippen molar-refractivity contribution in [1.82, 2.24) is 0 Å². The Labute approximate surface area is 125 Å². The molecule has 0 spiro atoms. The van der Waals surface area contributed by atoms with Gasteiger partial charge in [0, 0.05) is 0 Å². The molecule has 0 radical (unpaired) electrons. The molecule has 0 saturated carbocycles. The standard InChI is InChI=1S/C16H20O4S/c1-20-16(17)14-7-9-15(10-8-14)21(18,19)12-11-13-5-3-2-4-6-13/h5,7-10H,2-4,6,11-12H2,1H3. The number of hydrogen-bond acceptors (Lipinski definition) is 4. The van der Waals surface area contributed by atoms with Crippen LogP contribution in [0.3, 0.4) is 0 Å². The lowest BCUT2D eigenvalue weighted by atomic mass is 9.98. The summed E-state index contributed by atoms with van der Waals surface area (Å²) in [6, 6.07) is 5.91. The van der Waals surface area contributed by atoms with Crippen LogP contribution in [-0.4, -0.2) is 27.2 Å². The van der Waals surface area contributed by atoms with Crippen LogP contribution in [0.1, 0.15) is 42.5 Å². The van der Waals surface area contributed by atoms with Gasteiger partial charge in [-0.25, -0.2) is 13.2 Å². The summed E-state index contributed by atoms with van der Waals surface area (Å²) in [6.07, 6.45) is 7.19. The Hall–Kier alpha value is -1.62. The average Bonchev–Trinajstić information content (AvgIpc) is 2.53. The molecule has 0 amide bonds. The number of carbonyl (C=O) groups is 1. The van der Waals surface area contributed by atoms with Crippen LogP contribution >= 0.6 is 0 Å². The summed E-state index contributed by atoms with van der Waals surface area (Å²) in [5.41, 5.74) is 1.60. The van der Waals surface area contributed by atoms with Crippen LogP contribution in [0.4, 0.5) is 0 Å². The fourth-order valence-corrected chi connectivity index (χ4v) is 3.75. The maximum atomic E-state index is 12.3. The van der Waals surface area contributed by atoms with Gasteiger partial charge in [0.05, 0.1) is 23.3 Å². The number of esters is 1. The summed E-state index contributed by atoms with van der Waals surface area (Å²) in [6.45, 7) is 0. The van der Waals surface area contributed by atoms with Crippen molar-refractivity contribution in [3.05, 3.63) is 41.5 Å². The molecular formula is C16H20O4S. The topological polar surface area (TPSA) is 60.4 Å². The van der Waals surface area contributed by atoms with Crippen molar-refractivity contribution in [1.29, 1.82) is 0 Å². The molecule has 0 saturated heterocycles. The zero-order valence-corrected chi connectivity index (χ0v) is 13.0. The summed E-state index contributed by atoms with van der Waals surface area (Å²) in [4.78, 5) is 11.6. The number of methoxy groups -OCH3 is 1. The molecule has 0 aliphatic heterocycles. The predicted molar refractivity (Wildman–Crippen MR) is 81.0 cm³/mol. The molecule has 5 heteroatoms. The van der Waals surface area contributed by atoms with E-state index < -0.39 is 15.8 Å². The highest BCUT2D eigenvalue weighted by Gasteiger charge is 2.16. The maximum Gasteiger partial charge on any atom is 0.337 e. The third kappa shape index (κ3) is 4.17. The van der Waals surface area contributed by atoms with Gasteiger partial charge in [-0.1, -0.05) is 11.6 Å². The number of carbonyl (C=O) groups excluding carboxylic acids is 1. The van der Waals surface area contributed by atoms with E-state index in [0.29, 0.717) is 12.0 Å². The fraction of sp³-hybridized carbons (Fsp3) is 0.438. The van der Waals surface area contributed by atoms with Gasteiger partial charge >= 0.3 is 5.97 Å². The molecule has 114 valence electrons. The Morgan fingerprint density at radius 1 is 1.19 bits per heavy atom. The summed E-state index contributed by atoms with van der Waals surface area (Å²) in [7, 11) is -2.01. The van der Waals surface area contributed by atoms with Gasteiger partial charge in [0.25, 0.3) is 0 Å². The fourth-order valence-electron chi connectivity index (χ4n) is 2.43. The van der Waals surface area contributed by atoms with Crippen molar-refractivity contribution in [3.63, 3.8) is 0 Å². The minimum Gasteiger partial charge on any atom is -0.465 e. The van der Waals surface area contributed by atoms with Crippen LogP contribution in [-0.2, 0) is 14.6 Å². The molecule has 4 nitrogen and oxygen atoms in total. The Kier molecular flexibility index (Phi) is 5.17. The second kappa shape index (κ2) is 6.89. The number of allylic oxidation sites excluding steroid dienone is 2. The van der Waals surface area contributed by atoms with Gasteiger partial charge in [0.1, 0.15) is 0 Å². The smallest absolute Gasteiger partial charge is 0.337 e. The maximum absolute atomic E-state index is 12.3. The monoisotopic (exact) mass is 308 g/mol. The second-order valence-electron chi connectivity index (χ2n) is 5.19. The van der Waals surface area contributed by atoms with Crippen LogP contribution in [0.25, 0.3) is 0 Å². The van der Waals surface area contributed by atoms with Gasteiger partial charge in [0.2, 0.25) is 0 Å². The first-order valence-corrected chi connectivity index (χ1v) is 8.77. The molecule has 1 aliphatic rings. The molecule has 0 bridgehead atoms. The lowest BCUT2D eigenvalue weighted by molar-refractivity contribution is 0.0600. The van der Waals surface area contributed by atoms with E-state index in [1.807, 2.05) is 0 Å². The first kappa shape index (κ1) is 15.8. The molecule has 0 N–H and O–H groups in total. The summed E-state index contributed by atoms with van der Waals surface area (Å²) in [5.74, 6) is -0.345. The zero-order chi connectivity index (χ0) is 15.3. The molecule has 21 heavy (non-hydrogen) atoms. The summed E-state index contributed by atoms with van der Waals surface area (Å²) in [5, 5.41) is 0. The van der Waals surface area contributed by atoms with E-state index in [1.54, 1.807) is 0 Å². The minimum absolute atomic E-state index is 0.121. The highest BCUT2D eigenvalue weighted by molar-refractivity contribution is 7.91. The number of ether oxygens (including phenoxy) is 1. The lowest BCUT2D eigenvalue weighted by Gasteiger charge is -2.12. The van der Waals surface area contributed by atoms with E-state index >= 15 is 0 Å². The van der Waals surface area contributed by atoms with Crippen LogP contribution in [0.15, 0.2) is 40.8 Å². The lowest BCUT2D eigenvalue weighted by Crippen LogP contribution is -2.09. The molecule has 0 heterocycles. The van der Waals surface area contributed by atoms with Crippen LogP contribution in [0.2, 0.25) is 0 Å². The third-order valence-electron chi connectivity index (χ3n) is 3.71. The van der Waals surface area contributed by atoms with Crippen molar-refractivity contribution in [2.75, 3.05) is 12.9 Å². The summed E-state index contributed by atoms with van der Waals surface area (Å²) < 4.78 is 29.2. The number of benzene rings is 1. The number of hydrogen-bond donors (Lipinski definition) is 0. The molecule has 2 rings (SSSR count). The largest absolute Gasteiger partial charge is 0.465 e. The van der Waals surface area contributed by atoms with Crippen molar-refractivity contribution in [2.24, 2.45) is 0 Å². The van der Waals surface area contributed by atoms with Crippen LogP contribution < -0.4 is 0 Å². The van der Waals surface area contributed by atoms with Gasteiger partial charge in [-0.15, -0.1) is 0 Å². The van der Waals surface area contributed by atoms with E-state index in [1.165, 1.54) is 43.4 Å². The van der Waals surface area contributed by atoms with E-state index in [4.69, 9.17) is 0 Å². The minimum atomic E-state index is -3.30. The van der Waals surface area contributed by atoms with E-state index in [0.717, 1.165) is 19.3 Å². The Morgan fingerprint density at radius 3 is 2.48 bits per heavy atom. The molecule has 0 fully saturated rings. The zero-order valence-electron chi connectivity index (χ0n) is 12.2. The Morgan fingerprint density at radius 2 is 1.90 bits per heavy atom. The predicted octanol–water partition coefficient (Wildman–Crippen LogP) is 3.14. The first-order valence-electron chi connectivity index (χ1n) is 7.12. The molecule has 0 unspecified atom stereocenters.